The second-order valence-corrected chi connectivity index (χ2v) is 1.51. The third-order valence-electron chi connectivity index (χ3n) is 0.565. The number of hydrogen-bond donors (Lipinski definition) is 0. The molecule has 0 aromatic heterocycles. The van der Waals surface area contributed by atoms with Crippen LogP contribution in [0.2, 0.25) is 0 Å². The SMILES string of the molecule is C=C(C)[CH+]C(=O)OC. The zero-order valence-corrected chi connectivity index (χ0v) is 5.10. The summed E-state index contributed by atoms with van der Waals surface area (Å²) in [5.41, 5.74) is 0.705. The Morgan fingerprint density at radius 3 is 2.38 bits per heavy atom. The third-order valence-corrected chi connectivity index (χ3v) is 0.565. The molecule has 0 bridgehead atoms. The van der Waals surface area contributed by atoms with Crippen LogP contribution >= 0.6 is 0 Å². The van der Waals surface area contributed by atoms with E-state index in [0.717, 1.165) is 0 Å². The van der Waals surface area contributed by atoms with E-state index in [0.29, 0.717) is 5.57 Å². The van der Waals surface area contributed by atoms with Crippen molar-refractivity contribution < 1.29 is 9.53 Å². The molecule has 0 aromatic carbocycles. The third kappa shape index (κ3) is 3.28. The van der Waals surface area contributed by atoms with Gasteiger partial charge in [0.05, 0.1) is 7.11 Å². The van der Waals surface area contributed by atoms with Gasteiger partial charge in [-0.2, -0.15) is 0 Å². The lowest BCUT2D eigenvalue weighted by Gasteiger charge is -1.86. The molecule has 0 N–H and O–H groups in total. The van der Waals surface area contributed by atoms with Gasteiger partial charge in [0, 0.05) is 6.58 Å². The monoisotopic (exact) mass is 113 g/mol. The summed E-state index contributed by atoms with van der Waals surface area (Å²) < 4.78 is 4.31. The number of esters is 1. The van der Waals surface area contributed by atoms with Crippen LogP contribution < -0.4 is 0 Å². The first-order valence-corrected chi connectivity index (χ1v) is 2.25. The van der Waals surface area contributed by atoms with Crippen molar-refractivity contribution in [2.24, 2.45) is 0 Å². The molecule has 0 aliphatic carbocycles. The maximum Gasteiger partial charge on any atom is 0.416 e. The Kier molecular flexibility index (Phi) is 2.77. The lowest BCUT2D eigenvalue weighted by atomic mass is 10.2. The number of carbonyl (C=O) groups is 1. The second kappa shape index (κ2) is 3.13. The highest BCUT2D eigenvalue weighted by Gasteiger charge is 2.06. The van der Waals surface area contributed by atoms with Gasteiger partial charge >= 0.3 is 5.97 Å². The van der Waals surface area contributed by atoms with E-state index in [1.807, 2.05) is 0 Å². The van der Waals surface area contributed by atoms with Crippen LogP contribution in [-0.2, 0) is 9.53 Å². The predicted molar refractivity (Wildman–Crippen MR) is 31.1 cm³/mol. The summed E-state index contributed by atoms with van der Waals surface area (Å²) >= 11 is 0. The van der Waals surface area contributed by atoms with E-state index in [1.165, 1.54) is 13.5 Å². The Hall–Kier alpha value is -0.920. The summed E-state index contributed by atoms with van der Waals surface area (Å²) in [5, 5.41) is 0. The van der Waals surface area contributed by atoms with Crippen molar-refractivity contribution in [1.82, 2.24) is 0 Å². The predicted octanol–water partition coefficient (Wildman–Crippen LogP) is 0.940. The standard InChI is InChI=1S/C6H9O2/c1-5(2)4-6(7)8-3/h4H,1H2,2-3H3/q+1. The molecule has 0 saturated carbocycles. The molecule has 0 aliphatic rings. The van der Waals surface area contributed by atoms with Crippen molar-refractivity contribution in [3.05, 3.63) is 18.6 Å². The molecule has 0 spiro atoms. The van der Waals surface area contributed by atoms with Gasteiger partial charge in [0.25, 0.3) is 0 Å². The van der Waals surface area contributed by atoms with Gasteiger partial charge < -0.3 is 4.74 Å². The first-order valence-electron chi connectivity index (χ1n) is 2.25. The number of methoxy groups -OCH3 is 1. The fourth-order valence-electron chi connectivity index (χ4n) is 0.260. The van der Waals surface area contributed by atoms with Crippen LogP contribution in [-0.4, -0.2) is 13.1 Å². The molecule has 0 saturated heterocycles. The molecule has 0 unspecified atom stereocenters. The minimum Gasteiger partial charge on any atom is -0.450 e. The molecule has 0 amide bonds. The number of carbonyl (C=O) groups excluding carboxylic acids is 1. The van der Waals surface area contributed by atoms with Crippen molar-refractivity contribution in [3.63, 3.8) is 0 Å². The van der Waals surface area contributed by atoms with E-state index >= 15 is 0 Å². The first kappa shape index (κ1) is 7.08. The maximum atomic E-state index is 10.3. The average molecular weight is 113 g/mol. The van der Waals surface area contributed by atoms with E-state index in [2.05, 4.69) is 11.3 Å². The summed E-state index contributed by atoms with van der Waals surface area (Å²) in [5.74, 6) is -0.350. The van der Waals surface area contributed by atoms with Crippen LogP contribution in [0.1, 0.15) is 6.92 Å². The van der Waals surface area contributed by atoms with Crippen molar-refractivity contribution in [1.29, 1.82) is 0 Å². The van der Waals surface area contributed by atoms with Crippen LogP contribution in [0.5, 0.6) is 0 Å². The summed E-state index contributed by atoms with van der Waals surface area (Å²) in [6, 6.07) is 0. The topological polar surface area (TPSA) is 26.3 Å². The smallest absolute Gasteiger partial charge is 0.416 e. The average Bonchev–Trinajstić information content (AvgIpc) is 1.65. The second-order valence-electron chi connectivity index (χ2n) is 1.51. The summed E-state index contributed by atoms with van der Waals surface area (Å²) in [4.78, 5) is 10.3. The van der Waals surface area contributed by atoms with Gasteiger partial charge in [-0.25, -0.2) is 4.79 Å². The van der Waals surface area contributed by atoms with Crippen LogP contribution in [0.4, 0.5) is 0 Å². The van der Waals surface area contributed by atoms with Gasteiger partial charge in [-0.3, -0.25) is 0 Å². The highest BCUT2D eigenvalue weighted by atomic mass is 16.5. The van der Waals surface area contributed by atoms with Gasteiger partial charge in [0.2, 0.25) is 0 Å². The van der Waals surface area contributed by atoms with Crippen LogP contribution in [0.25, 0.3) is 0 Å². The summed E-state index contributed by atoms with van der Waals surface area (Å²) in [6.45, 7) is 5.22. The molecular formula is C6H9O2+. The molecule has 0 heterocycles. The Balaban J connectivity index is 3.40. The Morgan fingerprint density at radius 2 is 2.25 bits per heavy atom. The van der Waals surface area contributed by atoms with Gasteiger partial charge in [-0.1, -0.05) is 0 Å². The van der Waals surface area contributed by atoms with Crippen LogP contribution in [0.3, 0.4) is 0 Å². The van der Waals surface area contributed by atoms with E-state index in [-0.39, 0.29) is 5.97 Å². The van der Waals surface area contributed by atoms with Gasteiger partial charge in [-0.15, -0.1) is 0 Å². The minimum atomic E-state index is -0.350. The molecule has 0 radical (unpaired) electrons. The van der Waals surface area contributed by atoms with Crippen LogP contribution in [0.15, 0.2) is 12.2 Å². The first-order chi connectivity index (χ1) is 3.66. The van der Waals surface area contributed by atoms with Gasteiger partial charge in [-0.05, 0) is 6.92 Å². The molecule has 44 valence electrons. The summed E-state index contributed by atoms with van der Waals surface area (Å²) in [7, 11) is 1.34. The zero-order valence-electron chi connectivity index (χ0n) is 5.10. The molecule has 2 heteroatoms. The van der Waals surface area contributed by atoms with Gasteiger partial charge in [0.1, 0.15) is 5.57 Å². The normalized spacial score (nSPS) is 7.75. The molecule has 0 aromatic rings. The van der Waals surface area contributed by atoms with E-state index in [9.17, 15) is 4.79 Å². The van der Waals surface area contributed by atoms with E-state index in [1.54, 1.807) is 6.92 Å². The van der Waals surface area contributed by atoms with Gasteiger partial charge in [0.15, 0.2) is 6.42 Å². The fourth-order valence-corrected chi connectivity index (χ4v) is 0.260. The highest BCUT2D eigenvalue weighted by Crippen LogP contribution is 1.93. The molecule has 0 aliphatic heterocycles. The van der Waals surface area contributed by atoms with Crippen molar-refractivity contribution >= 4 is 5.97 Å². The number of rotatable bonds is 2. The molecule has 0 atom stereocenters. The molecule has 0 fully saturated rings. The molecule has 8 heavy (non-hydrogen) atoms. The summed E-state index contributed by atoms with van der Waals surface area (Å²) in [6.07, 6.45) is 1.33. The Morgan fingerprint density at radius 1 is 1.75 bits per heavy atom. The molecule has 2 nitrogen and oxygen atoms in total. The quantitative estimate of drug-likeness (QED) is 0.393. The Labute approximate surface area is 49.1 Å². The van der Waals surface area contributed by atoms with E-state index in [4.69, 9.17) is 0 Å². The molecule has 0 rings (SSSR count). The fraction of sp³-hybridized carbons (Fsp3) is 0.333. The lowest BCUT2D eigenvalue weighted by molar-refractivity contribution is -0.136. The highest BCUT2D eigenvalue weighted by molar-refractivity contribution is 5.82. The zero-order chi connectivity index (χ0) is 6.57. The number of ether oxygens (including phenoxy) is 1. The van der Waals surface area contributed by atoms with Crippen LogP contribution in [0, 0.1) is 6.42 Å². The Bertz CT molecular complexity index is 105. The minimum absolute atomic E-state index is 0.350. The number of hydrogen-bond acceptors (Lipinski definition) is 2. The van der Waals surface area contributed by atoms with E-state index < -0.39 is 0 Å². The molecular weight excluding hydrogens is 104 g/mol. The largest absolute Gasteiger partial charge is 0.450 e. The van der Waals surface area contributed by atoms with Crippen molar-refractivity contribution in [2.45, 2.75) is 6.92 Å². The van der Waals surface area contributed by atoms with Crippen molar-refractivity contribution in [3.8, 4) is 0 Å². The lowest BCUT2D eigenvalue weighted by Crippen LogP contribution is -2.00. The van der Waals surface area contributed by atoms with Crippen molar-refractivity contribution in [2.75, 3.05) is 7.11 Å². The maximum absolute atomic E-state index is 10.3.